The zero-order chi connectivity index (χ0) is 13.5. The summed E-state index contributed by atoms with van der Waals surface area (Å²) in [7, 11) is 1.51. The quantitative estimate of drug-likeness (QED) is 0.796. The van der Waals surface area contributed by atoms with Gasteiger partial charge in [-0.2, -0.15) is 0 Å². The van der Waals surface area contributed by atoms with Gasteiger partial charge in [0.1, 0.15) is 12.3 Å². The molecule has 0 aliphatic heterocycles. The number of nitrogens with one attached hydrogen (secondary N) is 1. The number of rotatable bonds is 5. The second-order valence-corrected chi connectivity index (χ2v) is 3.77. The van der Waals surface area contributed by atoms with Gasteiger partial charge in [-0.25, -0.2) is 0 Å². The van der Waals surface area contributed by atoms with Gasteiger partial charge in [0.15, 0.2) is 0 Å². The van der Waals surface area contributed by atoms with Gasteiger partial charge in [-0.05, 0) is 24.3 Å². The molecule has 2 N–H and O–H groups in total. The Hall–Kier alpha value is -2.01. The van der Waals surface area contributed by atoms with Gasteiger partial charge in [0.25, 0.3) is 0 Å². The van der Waals surface area contributed by atoms with E-state index >= 15 is 0 Å². The molecule has 1 aromatic carbocycles. The topological polar surface area (TPSA) is 75.6 Å². The summed E-state index contributed by atoms with van der Waals surface area (Å²) >= 11 is 5.82. The van der Waals surface area contributed by atoms with Crippen LogP contribution in [-0.2, 0) is 9.59 Å². The van der Waals surface area contributed by atoms with E-state index in [-0.39, 0.29) is 0 Å². The lowest BCUT2D eigenvalue weighted by Gasteiger charge is -2.04. The second kappa shape index (κ2) is 6.66. The summed E-state index contributed by atoms with van der Waals surface area (Å²) < 4.78 is 5.10. The Morgan fingerprint density at radius 3 is 2.83 bits per heavy atom. The van der Waals surface area contributed by atoms with Crippen molar-refractivity contribution in [3.8, 4) is 5.75 Å². The van der Waals surface area contributed by atoms with Crippen molar-refractivity contribution in [2.75, 3.05) is 13.7 Å². The van der Waals surface area contributed by atoms with Crippen LogP contribution in [0.4, 0.5) is 0 Å². The Morgan fingerprint density at radius 2 is 2.22 bits per heavy atom. The minimum absolute atomic E-state index is 0.421. The fourth-order valence-corrected chi connectivity index (χ4v) is 1.40. The SMILES string of the molecule is COc1ccc(Cl)cc1/C=C/C(=O)NCC(=O)O. The van der Waals surface area contributed by atoms with Crippen LogP contribution >= 0.6 is 11.6 Å². The van der Waals surface area contributed by atoms with Crippen LogP contribution in [0.1, 0.15) is 5.56 Å². The van der Waals surface area contributed by atoms with Crippen molar-refractivity contribution in [2.45, 2.75) is 0 Å². The van der Waals surface area contributed by atoms with E-state index < -0.39 is 18.4 Å². The monoisotopic (exact) mass is 269 g/mol. The third-order valence-electron chi connectivity index (χ3n) is 2.02. The van der Waals surface area contributed by atoms with Gasteiger partial charge in [-0.3, -0.25) is 9.59 Å². The predicted molar refractivity (Wildman–Crippen MR) is 67.7 cm³/mol. The van der Waals surface area contributed by atoms with E-state index in [0.29, 0.717) is 16.3 Å². The first-order valence-corrected chi connectivity index (χ1v) is 5.42. The van der Waals surface area contributed by atoms with Crippen LogP contribution in [0.25, 0.3) is 6.08 Å². The Kier molecular flexibility index (Phi) is 5.20. The summed E-state index contributed by atoms with van der Waals surface area (Å²) in [5.41, 5.74) is 0.635. The van der Waals surface area contributed by atoms with Crippen molar-refractivity contribution < 1.29 is 19.4 Å². The number of carbonyl (C=O) groups is 2. The van der Waals surface area contributed by atoms with Gasteiger partial charge in [0, 0.05) is 16.7 Å². The number of benzene rings is 1. The summed E-state index contributed by atoms with van der Waals surface area (Å²) in [4.78, 5) is 21.5. The zero-order valence-electron chi connectivity index (χ0n) is 9.64. The lowest BCUT2D eigenvalue weighted by molar-refractivity contribution is -0.137. The lowest BCUT2D eigenvalue weighted by Crippen LogP contribution is -2.27. The molecule has 18 heavy (non-hydrogen) atoms. The molecule has 0 atom stereocenters. The molecule has 1 amide bonds. The molecule has 0 unspecified atom stereocenters. The highest BCUT2D eigenvalue weighted by Gasteiger charge is 2.02. The number of aliphatic carboxylic acids is 1. The number of carboxylic acid groups (broad SMARTS) is 1. The molecule has 0 aromatic heterocycles. The minimum Gasteiger partial charge on any atom is -0.496 e. The molecule has 5 nitrogen and oxygen atoms in total. The van der Waals surface area contributed by atoms with E-state index in [1.807, 2.05) is 0 Å². The summed E-state index contributed by atoms with van der Waals surface area (Å²) in [6.07, 6.45) is 2.72. The molecule has 6 heteroatoms. The number of amides is 1. The van der Waals surface area contributed by atoms with Crippen molar-refractivity contribution in [2.24, 2.45) is 0 Å². The highest BCUT2D eigenvalue weighted by molar-refractivity contribution is 6.30. The van der Waals surface area contributed by atoms with Crippen molar-refractivity contribution in [1.29, 1.82) is 0 Å². The van der Waals surface area contributed by atoms with Crippen molar-refractivity contribution >= 4 is 29.6 Å². The Balaban J connectivity index is 2.74. The van der Waals surface area contributed by atoms with Gasteiger partial charge < -0.3 is 15.2 Å². The summed E-state index contributed by atoms with van der Waals surface area (Å²) in [6.45, 7) is -0.421. The Labute approximate surface area is 109 Å². The second-order valence-electron chi connectivity index (χ2n) is 3.33. The zero-order valence-corrected chi connectivity index (χ0v) is 10.4. The standard InChI is InChI=1S/C12H12ClNO4/c1-18-10-4-3-9(13)6-8(10)2-5-11(15)14-7-12(16)17/h2-6H,7H2,1H3,(H,14,15)(H,16,17)/b5-2+. The molecule has 0 saturated heterocycles. The summed E-state index contributed by atoms with van der Waals surface area (Å²) in [6, 6.07) is 4.99. The van der Waals surface area contributed by atoms with E-state index in [9.17, 15) is 9.59 Å². The molecule has 0 heterocycles. The number of carbonyl (C=O) groups excluding carboxylic acids is 1. The van der Waals surface area contributed by atoms with Crippen molar-refractivity contribution in [3.63, 3.8) is 0 Å². The molecule has 0 radical (unpaired) electrons. The van der Waals surface area contributed by atoms with E-state index in [1.165, 1.54) is 19.3 Å². The molecule has 1 rings (SSSR count). The van der Waals surface area contributed by atoms with Crippen molar-refractivity contribution in [3.05, 3.63) is 34.9 Å². The van der Waals surface area contributed by atoms with Crippen LogP contribution in [0.15, 0.2) is 24.3 Å². The minimum atomic E-state index is -1.10. The lowest BCUT2D eigenvalue weighted by atomic mass is 10.2. The molecule has 1 aromatic rings. The van der Waals surface area contributed by atoms with Crippen molar-refractivity contribution in [1.82, 2.24) is 5.32 Å². The van der Waals surface area contributed by atoms with Crippen LogP contribution < -0.4 is 10.1 Å². The van der Waals surface area contributed by atoms with Crippen LogP contribution in [0.3, 0.4) is 0 Å². The maximum absolute atomic E-state index is 11.3. The normalized spacial score (nSPS) is 10.3. The van der Waals surface area contributed by atoms with Gasteiger partial charge in [0.2, 0.25) is 5.91 Å². The number of methoxy groups -OCH3 is 1. The van der Waals surface area contributed by atoms with E-state index in [1.54, 1.807) is 18.2 Å². The Bertz CT molecular complexity index is 485. The number of hydrogen-bond acceptors (Lipinski definition) is 3. The van der Waals surface area contributed by atoms with Gasteiger partial charge in [-0.1, -0.05) is 11.6 Å². The van der Waals surface area contributed by atoms with Gasteiger partial charge in [0.05, 0.1) is 7.11 Å². The number of ether oxygens (including phenoxy) is 1. The molecule has 96 valence electrons. The van der Waals surface area contributed by atoms with E-state index in [0.717, 1.165) is 0 Å². The van der Waals surface area contributed by atoms with E-state index in [4.69, 9.17) is 21.4 Å². The molecular weight excluding hydrogens is 258 g/mol. The first-order chi connectivity index (χ1) is 8.52. The largest absolute Gasteiger partial charge is 0.496 e. The van der Waals surface area contributed by atoms with Crippen LogP contribution in [0.2, 0.25) is 5.02 Å². The summed E-state index contributed by atoms with van der Waals surface area (Å²) in [5, 5.41) is 11.1. The first kappa shape index (κ1) is 14.1. The number of halogens is 1. The smallest absolute Gasteiger partial charge is 0.322 e. The molecule has 0 fully saturated rings. The third kappa shape index (κ3) is 4.47. The third-order valence-corrected chi connectivity index (χ3v) is 2.25. The predicted octanol–water partition coefficient (Wildman–Crippen LogP) is 1.56. The summed E-state index contributed by atoms with van der Waals surface area (Å²) in [5.74, 6) is -1.03. The first-order valence-electron chi connectivity index (χ1n) is 5.04. The highest BCUT2D eigenvalue weighted by Crippen LogP contribution is 2.23. The average Bonchev–Trinajstić information content (AvgIpc) is 2.34. The van der Waals surface area contributed by atoms with Gasteiger partial charge in [-0.15, -0.1) is 0 Å². The molecule has 0 aliphatic carbocycles. The van der Waals surface area contributed by atoms with Crippen LogP contribution in [0.5, 0.6) is 5.75 Å². The molecule has 0 bridgehead atoms. The molecule has 0 saturated carbocycles. The van der Waals surface area contributed by atoms with Gasteiger partial charge >= 0.3 is 5.97 Å². The maximum Gasteiger partial charge on any atom is 0.322 e. The van der Waals surface area contributed by atoms with Crippen LogP contribution in [0, 0.1) is 0 Å². The highest BCUT2D eigenvalue weighted by atomic mass is 35.5. The average molecular weight is 270 g/mol. The number of hydrogen-bond donors (Lipinski definition) is 2. The Morgan fingerprint density at radius 1 is 1.50 bits per heavy atom. The molecule has 0 aliphatic rings. The van der Waals surface area contributed by atoms with E-state index in [2.05, 4.69) is 5.32 Å². The fraction of sp³-hybridized carbons (Fsp3) is 0.167. The van der Waals surface area contributed by atoms with Crippen LogP contribution in [-0.4, -0.2) is 30.6 Å². The molecular formula is C12H12ClNO4. The molecule has 0 spiro atoms. The number of carboxylic acids is 1. The maximum atomic E-state index is 11.3. The fourth-order valence-electron chi connectivity index (χ4n) is 1.22.